The fraction of sp³-hybridized carbons (Fsp3) is 1.00. The van der Waals surface area contributed by atoms with E-state index in [4.69, 9.17) is 0 Å². The average Bonchev–Trinajstić information content (AvgIpc) is 2.33. The van der Waals surface area contributed by atoms with E-state index >= 15 is 0 Å². The monoisotopic (exact) mass is 213 g/mol. The van der Waals surface area contributed by atoms with Crippen molar-refractivity contribution in [2.45, 2.75) is 57.2 Å². The molecule has 0 aromatic rings. The van der Waals surface area contributed by atoms with Gasteiger partial charge in [0, 0.05) is 29.1 Å². The molecule has 3 saturated heterocycles. The number of thioether (sulfide) groups is 1. The summed E-state index contributed by atoms with van der Waals surface area (Å²) >= 11 is 2.26. The van der Waals surface area contributed by atoms with Crippen molar-refractivity contribution in [3.63, 3.8) is 0 Å². The predicted octanol–water partition coefficient (Wildman–Crippen LogP) is 2.86. The van der Waals surface area contributed by atoms with Gasteiger partial charge in [-0.05, 0) is 25.7 Å². The summed E-state index contributed by atoms with van der Waals surface area (Å²) in [6.45, 7) is 13.3. The van der Waals surface area contributed by atoms with Gasteiger partial charge < -0.3 is 0 Å². The second-order valence-corrected chi connectivity index (χ2v) is 6.83. The third-order valence-electron chi connectivity index (χ3n) is 4.03. The minimum atomic E-state index is 0.821. The molecule has 0 radical (unpaired) electrons. The van der Waals surface area contributed by atoms with Gasteiger partial charge in [0.05, 0.1) is 0 Å². The lowest BCUT2D eigenvalue weighted by Gasteiger charge is -2.50. The molecule has 3 rings (SSSR count). The number of hydrogen-bond acceptors (Lipinski definition) is 2. The summed E-state index contributed by atoms with van der Waals surface area (Å²) in [7, 11) is 0. The first kappa shape index (κ1) is 10.8. The van der Waals surface area contributed by atoms with Crippen LogP contribution >= 0.6 is 11.8 Å². The summed E-state index contributed by atoms with van der Waals surface area (Å²) in [4.78, 5) is 2.69. The van der Waals surface area contributed by atoms with Gasteiger partial charge in [0.25, 0.3) is 0 Å². The van der Waals surface area contributed by atoms with Crippen LogP contribution in [0.3, 0.4) is 0 Å². The molecule has 3 aliphatic rings. The van der Waals surface area contributed by atoms with Gasteiger partial charge in [0.2, 0.25) is 0 Å². The largest absolute Gasteiger partial charge is 0.295 e. The highest BCUT2D eigenvalue weighted by atomic mass is 32.2. The Morgan fingerprint density at radius 1 is 1.14 bits per heavy atom. The molecule has 82 valence electrons. The molecule has 14 heavy (non-hydrogen) atoms. The minimum absolute atomic E-state index is 0.821. The molecule has 3 aliphatic heterocycles. The summed E-state index contributed by atoms with van der Waals surface area (Å²) < 4.78 is 0. The van der Waals surface area contributed by atoms with Crippen LogP contribution in [0.15, 0.2) is 0 Å². The highest BCUT2D eigenvalue weighted by Gasteiger charge is 2.48. The van der Waals surface area contributed by atoms with Crippen LogP contribution in [-0.2, 0) is 0 Å². The number of fused-ring (bicyclic) bond motifs is 3. The number of nitrogens with zero attached hydrogens (tertiary/aromatic N) is 1. The Morgan fingerprint density at radius 3 is 2.21 bits per heavy atom. The summed E-state index contributed by atoms with van der Waals surface area (Å²) in [5, 5.41) is 1.77. The third-order valence-corrected chi connectivity index (χ3v) is 6.45. The molecule has 1 nitrogen and oxygen atoms in total. The van der Waals surface area contributed by atoms with Crippen LogP contribution in [0.5, 0.6) is 0 Å². The van der Waals surface area contributed by atoms with Crippen LogP contribution in [0.25, 0.3) is 0 Å². The molecule has 0 amide bonds. The summed E-state index contributed by atoms with van der Waals surface area (Å²) in [6.07, 6.45) is 0. The SMILES string of the molecule is CC(C)C1SC2C(C)N(CC1C)C2C. The predicted molar refractivity (Wildman–Crippen MR) is 64.8 cm³/mol. The van der Waals surface area contributed by atoms with E-state index in [0.717, 1.165) is 34.4 Å². The van der Waals surface area contributed by atoms with E-state index < -0.39 is 0 Å². The van der Waals surface area contributed by atoms with Crippen LogP contribution in [0.1, 0.15) is 34.6 Å². The van der Waals surface area contributed by atoms with Crippen molar-refractivity contribution in [2.75, 3.05) is 6.54 Å². The molecule has 2 bridgehead atoms. The zero-order valence-electron chi connectivity index (χ0n) is 10.0. The van der Waals surface area contributed by atoms with E-state index in [0.29, 0.717) is 0 Å². The third kappa shape index (κ3) is 1.51. The fourth-order valence-electron chi connectivity index (χ4n) is 3.18. The molecule has 0 spiro atoms. The van der Waals surface area contributed by atoms with Gasteiger partial charge in [0.15, 0.2) is 0 Å². The van der Waals surface area contributed by atoms with Crippen molar-refractivity contribution in [1.29, 1.82) is 0 Å². The van der Waals surface area contributed by atoms with Gasteiger partial charge in [-0.25, -0.2) is 0 Å². The molecule has 0 aromatic heterocycles. The molecule has 2 heteroatoms. The van der Waals surface area contributed by atoms with E-state index in [1.54, 1.807) is 0 Å². The Balaban J connectivity index is 2.12. The first-order valence-corrected chi connectivity index (χ1v) is 6.88. The maximum atomic E-state index is 2.69. The van der Waals surface area contributed by atoms with Gasteiger partial charge in [-0.15, -0.1) is 0 Å². The quantitative estimate of drug-likeness (QED) is 0.659. The minimum Gasteiger partial charge on any atom is -0.295 e. The lowest BCUT2D eigenvalue weighted by molar-refractivity contribution is 0.0401. The lowest BCUT2D eigenvalue weighted by Crippen LogP contribution is -2.62. The topological polar surface area (TPSA) is 3.24 Å². The molecule has 0 N–H and O–H groups in total. The van der Waals surface area contributed by atoms with E-state index in [1.165, 1.54) is 6.54 Å². The van der Waals surface area contributed by atoms with Crippen LogP contribution in [-0.4, -0.2) is 34.0 Å². The standard InChI is InChI=1S/C12H23NS/c1-7(2)11-8(3)6-13-9(4)12(14-11)10(13)5/h7-12H,6H2,1-5H3. The Kier molecular flexibility index (Phi) is 2.87. The Labute approximate surface area is 92.6 Å². The average molecular weight is 213 g/mol. The van der Waals surface area contributed by atoms with E-state index in [1.807, 2.05) is 0 Å². The first-order valence-electron chi connectivity index (χ1n) is 5.93. The van der Waals surface area contributed by atoms with E-state index in [9.17, 15) is 0 Å². The lowest BCUT2D eigenvalue weighted by atomic mass is 9.91. The molecule has 0 aliphatic carbocycles. The summed E-state index contributed by atoms with van der Waals surface area (Å²) in [6, 6.07) is 1.64. The summed E-state index contributed by atoms with van der Waals surface area (Å²) in [5.41, 5.74) is 0. The van der Waals surface area contributed by atoms with Gasteiger partial charge >= 0.3 is 0 Å². The zero-order valence-corrected chi connectivity index (χ0v) is 10.8. The van der Waals surface area contributed by atoms with Gasteiger partial charge in [-0.3, -0.25) is 4.90 Å². The van der Waals surface area contributed by atoms with Crippen molar-refractivity contribution < 1.29 is 0 Å². The highest BCUT2D eigenvalue weighted by Crippen LogP contribution is 2.45. The Hall–Kier alpha value is 0.310. The van der Waals surface area contributed by atoms with Crippen molar-refractivity contribution in [3.05, 3.63) is 0 Å². The van der Waals surface area contributed by atoms with Crippen molar-refractivity contribution in [2.24, 2.45) is 11.8 Å². The van der Waals surface area contributed by atoms with Crippen molar-refractivity contribution in [3.8, 4) is 0 Å². The van der Waals surface area contributed by atoms with Crippen LogP contribution in [0.4, 0.5) is 0 Å². The molecule has 4 atom stereocenters. The molecule has 3 heterocycles. The Bertz CT molecular complexity index is 206. The van der Waals surface area contributed by atoms with E-state index in [-0.39, 0.29) is 0 Å². The maximum absolute atomic E-state index is 2.69. The molecule has 0 aromatic carbocycles. The van der Waals surface area contributed by atoms with Gasteiger partial charge in [-0.2, -0.15) is 11.8 Å². The second-order valence-electron chi connectivity index (χ2n) is 5.46. The van der Waals surface area contributed by atoms with Gasteiger partial charge in [0.1, 0.15) is 0 Å². The van der Waals surface area contributed by atoms with Crippen molar-refractivity contribution in [1.82, 2.24) is 4.90 Å². The van der Waals surface area contributed by atoms with Crippen LogP contribution in [0.2, 0.25) is 0 Å². The Morgan fingerprint density at radius 2 is 1.71 bits per heavy atom. The van der Waals surface area contributed by atoms with Crippen LogP contribution in [0, 0.1) is 11.8 Å². The highest BCUT2D eigenvalue weighted by molar-refractivity contribution is 8.00. The van der Waals surface area contributed by atoms with Crippen molar-refractivity contribution >= 4 is 11.8 Å². The smallest absolute Gasteiger partial charge is 0.0356 e. The number of rotatable bonds is 1. The molecule has 4 unspecified atom stereocenters. The molecule has 0 saturated carbocycles. The zero-order chi connectivity index (χ0) is 10.5. The van der Waals surface area contributed by atoms with Crippen LogP contribution < -0.4 is 0 Å². The maximum Gasteiger partial charge on any atom is 0.0356 e. The second kappa shape index (κ2) is 3.71. The number of hydrogen-bond donors (Lipinski definition) is 0. The normalized spacial score (nSPS) is 52.7. The molecular formula is C12H23NS. The van der Waals surface area contributed by atoms with Gasteiger partial charge in [-0.1, -0.05) is 20.8 Å². The summed E-state index contributed by atoms with van der Waals surface area (Å²) in [5.74, 6) is 1.69. The first-order chi connectivity index (χ1) is 6.52. The molecular weight excluding hydrogens is 190 g/mol. The fourth-order valence-corrected chi connectivity index (χ4v) is 4.98. The molecule has 3 fully saturated rings. The van der Waals surface area contributed by atoms with E-state index in [2.05, 4.69) is 51.3 Å².